The molecule has 0 bridgehead atoms. The van der Waals surface area contributed by atoms with E-state index in [1.807, 2.05) is 0 Å². The highest BCUT2D eigenvalue weighted by Gasteiger charge is 2.27. The molecule has 1 aromatic carbocycles. The lowest BCUT2D eigenvalue weighted by Gasteiger charge is -2.37. The Morgan fingerprint density at radius 1 is 1.36 bits per heavy atom. The van der Waals surface area contributed by atoms with Gasteiger partial charge in [-0.15, -0.1) is 0 Å². The van der Waals surface area contributed by atoms with Crippen molar-refractivity contribution in [2.45, 2.75) is 45.1 Å². The third-order valence-electron chi connectivity index (χ3n) is 3.20. The van der Waals surface area contributed by atoms with E-state index in [0.717, 1.165) is 0 Å². The SMILES string of the molecule is CCCC1(C)CCc2ccccc2N1. The largest absolute Gasteiger partial charge is 0.380 e. The molecule has 0 aromatic heterocycles. The van der Waals surface area contributed by atoms with Crippen LogP contribution in [0.3, 0.4) is 0 Å². The molecule has 0 radical (unpaired) electrons. The normalized spacial score (nSPS) is 25.3. The Morgan fingerprint density at radius 3 is 2.93 bits per heavy atom. The molecular formula is C13H19N. The lowest BCUT2D eigenvalue weighted by molar-refractivity contribution is 0.421. The standard InChI is InChI=1S/C13H19N/c1-3-9-13(2)10-8-11-6-4-5-7-12(11)14-13/h4-7,14H,3,8-10H2,1-2H3. The predicted molar refractivity (Wildman–Crippen MR) is 61.7 cm³/mol. The molecule has 0 saturated heterocycles. The Balaban J connectivity index is 2.20. The second-order valence-electron chi connectivity index (χ2n) is 4.59. The number of nitrogens with one attached hydrogen (secondary N) is 1. The number of hydrogen-bond donors (Lipinski definition) is 1. The molecule has 1 unspecified atom stereocenters. The van der Waals surface area contributed by atoms with E-state index < -0.39 is 0 Å². The van der Waals surface area contributed by atoms with Crippen molar-refractivity contribution in [3.8, 4) is 0 Å². The first-order chi connectivity index (χ1) is 6.73. The smallest absolute Gasteiger partial charge is 0.0376 e. The maximum Gasteiger partial charge on any atom is 0.0376 e. The van der Waals surface area contributed by atoms with Gasteiger partial charge in [0, 0.05) is 11.2 Å². The van der Waals surface area contributed by atoms with Crippen molar-refractivity contribution in [2.75, 3.05) is 5.32 Å². The van der Waals surface area contributed by atoms with Crippen LogP contribution in [0.2, 0.25) is 0 Å². The molecule has 76 valence electrons. The molecule has 14 heavy (non-hydrogen) atoms. The monoisotopic (exact) mass is 189 g/mol. The number of benzene rings is 1. The maximum atomic E-state index is 3.67. The molecule has 1 N–H and O–H groups in total. The number of fused-ring (bicyclic) bond motifs is 1. The van der Waals surface area contributed by atoms with Gasteiger partial charge in [0.1, 0.15) is 0 Å². The Hall–Kier alpha value is -0.980. The molecule has 2 rings (SSSR count). The lowest BCUT2D eigenvalue weighted by Crippen LogP contribution is -2.38. The zero-order valence-electron chi connectivity index (χ0n) is 9.14. The van der Waals surface area contributed by atoms with Crippen molar-refractivity contribution in [3.63, 3.8) is 0 Å². The van der Waals surface area contributed by atoms with Crippen molar-refractivity contribution in [1.29, 1.82) is 0 Å². The van der Waals surface area contributed by atoms with E-state index in [-0.39, 0.29) is 0 Å². The van der Waals surface area contributed by atoms with Gasteiger partial charge in [-0.1, -0.05) is 31.5 Å². The van der Waals surface area contributed by atoms with E-state index in [1.54, 1.807) is 0 Å². The minimum Gasteiger partial charge on any atom is -0.380 e. The minimum atomic E-state index is 0.323. The van der Waals surface area contributed by atoms with Crippen LogP contribution in [0.4, 0.5) is 5.69 Å². The number of anilines is 1. The molecule has 1 heterocycles. The number of hydrogen-bond acceptors (Lipinski definition) is 1. The molecule has 1 nitrogen and oxygen atoms in total. The van der Waals surface area contributed by atoms with E-state index >= 15 is 0 Å². The summed E-state index contributed by atoms with van der Waals surface area (Å²) >= 11 is 0. The summed E-state index contributed by atoms with van der Waals surface area (Å²) in [5.74, 6) is 0. The van der Waals surface area contributed by atoms with Crippen molar-refractivity contribution >= 4 is 5.69 Å². The zero-order valence-corrected chi connectivity index (χ0v) is 9.14. The Kier molecular flexibility index (Phi) is 2.49. The summed E-state index contributed by atoms with van der Waals surface area (Å²) in [5.41, 5.74) is 3.14. The average molecular weight is 189 g/mol. The fourth-order valence-corrected chi connectivity index (χ4v) is 2.40. The van der Waals surface area contributed by atoms with Crippen LogP contribution in [0.5, 0.6) is 0 Å². The van der Waals surface area contributed by atoms with Gasteiger partial charge in [-0.05, 0) is 37.8 Å². The molecule has 1 heteroatoms. The summed E-state index contributed by atoms with van der Waals surface area (Å²) < 4.78 is 0. The van der Waals surface area contributed by atoms with Crippen molar-refractivity contribution in [1.82, 2.24) is 0 Å². The molecule has 0 saturated carbocycles. The topological polar surface area (TPSA) is 12.0 Å². The van der Waals surface area contributed by atoms with Gasteiger partial charge < -0.3 is 5.32 Å². The first kappa shape index (κ1) is 9.57. The lowest BCUT2D eigenvalue weighted by atomic mass is 9.84. The summed E-state index contributed by atoms with van der Waals surface area (Å²) in [5, 5.41) is 3.67. The molecule has 1 aliphatic rings. The first-order valence-electron chi connectivity index (χ1n) is 5.60. The van der Waals surface area contributed by atoms with E-state index in [1.165, 1.54) is 36.9 Å². The molecule has 0 fully saturated rings. The fourth-order valence-electron chi connectivity index (χ4n) is 2.40. The molecule has 0 amide bonds. The highest BCUT2D eigenvalue weighted by Crippen LogP contribution is 2.32. The van der Waals surface area contributed by atoms with Crippen LogP contribution in [-0.4, -0.2) is 5.54 Å². The Morgan fingerprint density at radius 2 is 2.14 bits per heavy atom. The molecule has 0 spiro atoms. The predicted octanol–water partition coefficient (Wildman–Crippen LogP) is 3.60. The van der Waals surface area contributed by atoms with Crippen LogP contribution in [0.1, 0.15) is 38.7 Å². The molecule has 1 aromatic rings. The number of aryl methyl sites for hydroxylation is 1. The van der Waals surface area contributed by atoms with Crippen molar-refractivity contribution in [3.05, 3.63) is 29.8 Å². The van der Waals surface area contributed by atoms with Crippen LogP contribution in [0.15, 0.2) is 24.3 Å². The van der Waals surface area contributed by atoms with Gasteiger partial charge in [-0.3, -0.25) is 0 Å². The summed E-state index contributed by atoms with van der Waals surface area (Å²) in [6.45, 7) is 4.60. The van der Waals surface area contributed by atoms with E-state index in [0.29, 0.717) is 5.54 Å². The average Bonchev–Trinajstić information content (AvgIpc) is 2.17. The number of para-hydroxylation sites is 1. The van der Waals surface area contributed by atoms with Crippen LogP contribution < -0.4 is 5.32 Å². The van der Waals surface area contributed by atoms with Crippen LogP contribution in [0.25, 0.3) is 0 Å². The van der Waals surface area contributed by atoms with E-state index in [4.69, 9.17) is 0 Å². The zero-order chi connectivity index (χ0) is 10.0. The third-order valence-corrected chi connectivity index (χ3v) is 3.20. The van der Waals surface area contributed by atoms with Gasteiger partial charge in [0.15, 0.2) is 0 Å². The number of rotatable bonds is 2. The van der Waals surface area contributed by atoms with Crippen molar-refractivity contribution in [2.24, 2.45) is 0 Å². The van der Waals surface area contributed by atoms with Crippen LogP contribution >= 0.6 is 0 Å². The second-order valence-corrected chi connectivity index (χ2v) is 4.59. The van der Waals surface area contributed by atoms with Gasteiger partial charge in [-0.2, -0.15) is 0 Å². The maximum absolute atomic E-state index is 3.67. The molecule has 1 aliphatic heterocycles. The van der Waals surface area contributed by atoms with E-state index in [9.17, 15) is 0 Å². The van der Waals surface area contributed by atoms with Gasteiger partial charge in [0.25, 0.3) is 0 Å². The summed E-state index contributed by atoms with van der Waals surface area (Å²) in [6, 6.07) is 8.67. The van der Waals surface area contributed by atoms with Crippen LogP contribution in [0, 0.1) is 0 Å². The molecular weight excluding hydrogens is 170 g/mol. The third kappa shape index (κ3) is 1.77. The van der Waals surface area contributed by atoms with Gasteiger partial charge in [0.2, 0.25) is 0 Å². The van der Waals surface area contributed by atoms with Crippen LogP contribution in [-0.2, 0) is 6.42 Å². The van der Waals surface area contributed by atoms with Gasteiger partial charge >= 0.3 is 0 Å². The fraction of sp³-hybridized carbons (Fsp3) is 0.538. The van der Waals surface area contributed by atoms with Crippen molar-refractivity contribution < 1.29 is 0 Å². The quantitative estimate of drug-likeness (QED) is 0.749. The second kappa shape index (κ2) is 3.64. The Bertz CT molecular complexity index is 319. The van der Waals surface area contributed by atoms with E-state index in [2.05, 4.69) is 43.4 Å². The first-order valence-corrected chi connectivity index (χ1v) is 5.60. The molecule has 1 atom stereocenters. The Labute approximate surface area is 86.5 Å². The minimum absolute atomic E-state index is 0.323. The summed E-state index contributed by atoms with van der Waals surface area (Å²) in [6.07, 6.45) is 5.00. The van der Waals surface area contributed by atoms with Gasteiger partial charge in [-0.25, -0.2) is 0 Å². The molecule has 0 aliphatic carbocycles. The highest BCUT2D eigenvalue weighted by atomic mass is 15.0. The summed E-state index contributed by atoms with van der Waals surface area (Å²) in [7, 11) is 0. The highest BCUT2D eigenvalue weighted by molar-refractivity contribution is 5.55. The van der Waals surface area contributed by atoms with Gasteiger partial charge in [0.05, 0.1) is 0 Å². The summed E-state index contributed by atoms with van der Waals surface area (Å²) in [4.78, 5) is 0.